The minimum absolute atomic E-state index is 0.0151. The first kappa shape index (κ1) is 16.3. The van der Waals surface area contributed by atoms with Gasteiger partial charge in [0.1, 0.15) is 0 Å². The van der Waals surface area contributed by atoms with Gasteiger partial charge < -0.3 is 10.2 Å². The van der Waals surface area contributed by atoms with Gasteiger partial charge in [0.15, 0.2) is 5.65 Å². The van der Waals surface area contributed by atoms with E-state index in [0.717, 1.165) is 41.0 Å². The number of hydrogen-bond donors (Lipinski definition) is 1. The fourth-order valence-corrected chi connectivity index (χ4v) is 4.39. The second-order valence-electron chi connectivity index (χ2n) is 7.58. The smallest absolute Gasteiger partial charge is 0.225 e. The minimum atomic E-state index is -0.0160. The number of anilines is 1. The summed E-state index contributed by atoms with van der Waals surface area (Å²) in [5.41, 5.74) is 3.83. The molecule has 1 saturated heterocycles. The van der Waals surface area contributed by atoms with E-state index < -0.39 is 0 Å². The normalized spacial score (nSPS) is 22.8. The quantitative estimate of drug-likeness (QED) is 0.764. The fraction of sp³-hybridized carbons (Fsp3) is 0.474. The molecule has 8 nitrogen and oxygen atoms in total. The Morgan fingerprint density at radius 3 is 2.67 bits per heavy atom. The molecule has 0 unspecified atom stereocenters. The van der Waals surface area contributed by atoms with Gasteiger partial charge in [-0.2, -0.15) is 10.2 Å². The van der Waals surface area contributed by atoms with Crippen molar-refractivity contribution in [2.45, 2.75) is 44.3 Å². The molecule has 5 rings (SSSR count). The van der Waals surface area contributed by atoms with Crippen molar-refractivity contribution >= 4 is 22.6 Å². The van der Waals surface area contributed by atoms with Gasteiger partial charge in [0.25, 0.3) is 0 Å². The number of nitrogens with zero attached hydrogens (tertiary/aromatic N) is 6. The molecule has 1 N–H and O–H groups in total. The van der Waals surface area contributed by atoms with Crippen molar-refractivity contribution in [2.75, 3.05) is 5.32 Å². The van der Waals surface area contributed by atoms with Crippen molar-refractivity contribution < 1.29 is 4.79 Å². The number of aromatic nitrogens is 5. The third-order valence-corrected chi connectivity index (χ3v) is 5.71. The number of likely N-dealkylation sites (tertiary alicyclic amines) is 1. The third kappa shape index (κ3) is 2.50. The van der Waals surface area contributed by atoms with Gasteiger partial charge in [-0.3, -0.25) is 14.2 Å². The average molecular weight is 365 g/mol. The van der Waals surface area contributed by atoms with Crippen molar-refractivity contribution in [1.82, 2.24) is 29.4 Å². The Labute approximate surface area is 157 Å². The van der Waals surface area contributed by atoms with E-state index in [0.29, 0.717) is 12.5 Å². The lowest BCUT2D eigenvalue weighted by Crippen LogP contribution is -2.35. The molecule has 1 aliphatic heterocycles. The molecular weight excluding hydrogens is 342 g/mol. The minimum Gasteiger partial charge on any atom is -0.379 e. The van der Waals surface area contributed by atoms with Gasteiger partial charge in [-0.1, -0.05) is 0 Å². The van der Waals surface area contributed by atoms with E-state index in [9.17, 15) is 4.79 Å². The Hall–Kier alpha value is -2.90. The van der Waals surface area contributed by atoms with Crippen molar-refractivity contribution in [1.29, 1.82) is 0 Å². The summed E-state index contributed by atoms with van der Waals surface area (Å²) in [7, 11) is 3.84. The molecule has 2 atom stereocenters. The molecular formula is C19H23N7O. The summed E-state index contributed by atoms with van der Waals surface area (Å²) in [5, 5.41) is 13.5. The van der Waals surface area contributed by atoms with Gasteiger partial charge in [-0.25, -0.2) is 4.98 Å². The van der Waals surface area contributed by atoms with Crippen LogP contribution in [0.4, 0.5) is 5.69 Å². The lowest BCUT2D eigenvalue weighted by atomic mass is 10.0. The van der Waals surface area contributed by atoms with Crippen LogP contribution in [0.1, 0.15) is 36.7 Å². The Kier molecular flexibility index (Phi) is 3.50. The van der Waals surface area contributed by atoms with Crippen LogP contribution in [-0.2, 0) is 18.9 Å². The number of pyridine rings is 1. The van der Waals surface area contributed by atoms with Gasteiger partial charge in [0, 0.05) is 44.6 Å². The van der Waals surface area contributed by atoms with Gasteiger partial charge in [-0.15, -0.1) is 0 Å². The molecule has 3 aromatic rings. The molecule has 1 saturated carbocycles. The Balaban J connectivity index is 1.56. The highest BCUT2D eigenvalue weighted by atomic mass is 16.2. The molecule has 1 amide bonds. The van der Waals surface area contributed by atoms with Gasteiger partial charge in [0.2, 0.25) is 5.91 Å². The van der Waals surface area contributed by atoms with Crippen molar-refractivity contribution in [3.05, 3.63) is 35.9 Å². The second kappa shape index (κ2) is 5.80. The number of amides is 1. The first-order valence-corrected chi connectivity index (χ1v) is 9.38. The predicted octanol–water partition coefficient (Wildman–Crippen LogP) is 1.93. The first-order chi connectivity index (χ1) is 13.0. The summed E-state index contributed by atoms with van der Waals surface area (Å²) >= 11 is 0. The zero-order valence-electron chi connectivity index (χ0n) is 15.8. The Bertz CT molecular complexity index is 1030. The molecule has 3 aromatic heterocycles. The van der Waals surface area contributed by atoms with Crippen LogP contribution in [0.3, 0.4) is 0 Å². The molecule has 0 aromatic carbocycles. The van der Waals surface area contributed by atoms with E-state index in [2.05, 4.69) is 25.4 Å². The molecule has 2 aliphatic rings. The molecule has 8 heteroatoms. The highest BCUT2D eigenvalue weighted by Crippen LogP contribution is 2.43. The lowest BCUT2D eigenvalue weighted by molar-refractivity contribution is -0.129. The zero-order chi connectivity index (χ0) is 18.7. The largest absolute Gasteiger partial charge is 0.379 e. The van der Waals surface area contributed by atoms with Crippen molar-refractivity contribution in [3.8, 4) is 0 Å². The monoisotopic (exact) mass is 365 g/mol. The number of nitrogens with one attached hydrogen (secondary N) is 1. The molecule has 0 radical (unpaired) electrons. The van der Waals surface area contributed by atoms with E-state index >= 15 is 0 Å². The second-order valence-corrected chi connectivity index (χ2v) is 7.58. The van der Waals surface area contributed by atoms with Crippen LogP contribution in [0.5, 0.6) is 0 Å². The maximum absolute atomic E-state index is 12.8. The SMILES string of the molecule is Cc1nn(C)c2nccc(N[C@@H]3CC(=O)N(C4CC4)[C@H]3c3ccnn3C)c12. The average Bonchev–Trinajstić information content (AvgIpc) is 3.21. The third-order valence-electron chi connectivity index (χ3n) is 5.71. The van der Waals surface area contributed by atoms with Crippen LogP contribution in [-0.4, -0.2) is 47.4 Å². The zero-order valence-corrected chi connectivity index (χ0v) is 15.8. The summed E-state index contributed by atoms with van der Waals surface area (Å²) in [4.78, 5) is 19.4. The Morgan fingerprint density at radius 2 is 1.96 bits per heavy atom. The lowest BCUT2D eigenvalue weighted by Gasteiger charge is -2.29. The number of aryl methyl sites for hydroxylation is 3. The van der Waals surface area contributed by atoms with Crippen molar-refractivity contribution in [2.24, 2.45) is 14.1 Å². The topological polar surface area (TPSA) is 80.9 Å². The number of rotatable bonds is 4. The fourth-order valence-electron chi connectivity index (χ4n) is 4.39. The Morgan fingerprint density at radius 1 is 1.15 bits per heavy atom. The van der Waals surface area contributed by atoms with Crippen LogP contribution in [0, 0.1) is 6.92 Å². The summed E-state index contributed by atoms with van der Waals surface area (Å²) in [6.45, 7) is 1.99. The number of carbonyl (C=O) groups is 1. The highest BCUT2D eigenvalue weighted by molar-refractivity contribution is 5.92. The molecule has 0 spiro atoms. The molecule has 1 aliphatic carbocycles. The van der Waals surface area contributed by atoms with E-state index in [-0.39, 0.29) is 18.0 Å². The van der Waals surface area contributed by atoms with Gasteiger partial charge in [-0.05, 0) is 31.9 Å². The molecule has 0 bridgehead atoms. The van der Waals surface area contributed by atoms with Crippen LogP contribution in [0.2, 0.25) is 0 Å². The summed E-state index contributed by atoms with van der Waals surface area (Å²) in [6.07, 6.45) is 6.26. The number of carbonyl (C=O) groups excluding carboxylic acids is 1. The maximum atomic E-state index is 12.8. The van der Waals surface area contributed by atoms with Crippen molar-refractivity contribution in [3.63, 3.8) is 0 Å². The van der Waals surface area contributed by atoms with E-state index in [1.165, 1.54) is 0 Å². The number of hydrogen-bond acceptors (Lipinski definition) is 5. The standard InChI is InChI=1S/C19H23N7O/c1-11-17-13(6-8-20-19(17)25(3)23-11)22-14-10-16(27)26(12-4-5-12)18(14)15-7-9-21-24(15)2/h6-9,12,14,18H,4-5,10H2,1-3H3,(H,20,22)/t14-,18-/m1/s1. The van der Waals surface area contributed by atoms with Crippen LogP contribution >= 0.6 is 0 Å². The maximum Gasteiger partial charge on any atom is 0.225 e. The van der Waals surface area contributed by atoms with Gasteiger partial charge in [0.05, 0.1) is 28.9 Å². The van der Waals surface area contributed by atoms with E-state index in [1.807, 2.05) is 37.8 Å². The molecule has 27 heavy (non-hydrogen) atoms. The predicted molar refractivity (Wildman–Crippen MR) is 101 cm³/mol. The summed E-state index contributed by atoms with van der Waals surface area (Å²) in [6, 6.07) is 4.32. The highest BCUT2D eigenvalue weighted by Gasteiger charge is 2.48. The van der Waals surface area contributed by atoms with Crippen LogP contribution in [0.25, 0.3) is 11.0 Å². The van der Waals surface area contributed by atoms with Crippen LogP contribution < -0.4 is 5.32 Å². The van der Waals surface area contributed by atoms with E-state index in [4.69, 9.17) is 0 Å². The first-order valence-electron chi connectivity index (χ1n) is 9.38. The van der Waals surface area contributed by atoms with Crippen LogP contribution in [0.15, 0.2) is 24.5 Å². The van der Waals surface area contributed by atoms with Gasteiger partial charge >= 0.3 is 0 Å². The molecule has 4 heterocycles. The summed E-state index contributed by atoms with van der Waals surface area (Å²) in [5.74, 6) is 0.217. The molecule has 2 fully saturated rings. The summed E-state index contributed by atoms with van der Waals surface area (Å²) < 4.78 is 3.68. The number of fused-ring (bicyclic) bond motifs is 1. The van der Waals surface area contributed by atoms with E-state index in [1.54, 1.807) is 17.1 Å². The molecule has 140 valence electrons.